The van der Waals surface area contributed by atoms with Gasteiger partial charge < -0.3 is 9.64 Å². The standard InChI is InChI=1S/C14H23N3OS/c1-12-10-16(11-13-4-2-3-8-18-13)6-7-17(12)14-15-5-9-19-14/h5,9,12-13H,2-4,6-8,10-11H2,1H3/t12-,13+/m1/s1. The highest BCUT2D eigenvalue weighted by molar-refractivity contribution is 7.13. The van der Waals surface area contributed by atoms with Crippen LogP contribution < -0.4 is 4.90 Å². The number of anilines is 1. The van der Waals surface area contributed by atoms with Crippen molar-refractivity contribution in [3.8, 4) is 0 Å². The highest BCUT2D eigenvalue weighted by Crippen LogP contribution is 2.23. The summed E-state index contributed by atoms with van der Waals surface area (Å²) < 4.78 is 5.85. The van der Waals surface area contributed by atoms with E-state index in [2.05, 4.69) is 27.1 Å². The number of hydrogen-bond donors (Lipinski definition) is 0. The van der Waals surface area contributed by atoms with Gasteiger partial charge in [0, 0.05) is 50.4 Å². The summed E-state index contributed by atoms with van der Waals surface area (Å²) in [6, 6.07) is 0.545. The van der Waals surface area contributed by atoms with Gasteiger partial charge in [0.1, 0.15) is 0 Å². The fourth-order valence-electron chi connectivity index (χ4n) is 3.08. The zero-order chi connectivity index (χ0) is 13.1. The summed E-state index contributed by atoms with van der Waals surface area (Å²) in [4.78, 5) is 9.43. The Bertz CT molecular complexity index is 378. The molecule has 2 saturated heterocycles. The minimum atomic E-state index is 0.465. The van der Waals surface area contributed by atoms with Crippen LogP contribution in [-0.2, 0) is 4.74 Å². The molecule has 2 aliphatic heterocycles. The third kappa shape index (κ3) is 3.27. The van der Waals surface area contributed by atoms with Crippen LogP contribution in [0, 0.1) is 0 Å². The summed E-state index contributed by atoms with van der Waals surface area (Å²) in [5.41, 5.74) is 0. The Labute approximate surface area is 119 Å². The van der Waals surface area contributed by atoms with Crippen LogP contribution in [0.3, 0.4) is 0 Å². The summed E-state index contributed by atoms with van der Waals surface area (Å²) in [6.45, 7) is 7.70. The summed E-state index contributed by atoms with van der Waals surface area (Å²) >= 11 is 1.74. The first-order chi connectivity index (χ1) is 9.33. The van der Waals surface area contributed by atoms with E-state index in [-0.39, 0.29) is 0 Å². The van der Waals surface area contributed by atoms with Crippen LogP contribution in [0.25, 0.3) is 0 Å². The molecule has 3 rings (SSSR count). The van der Waals surface area contributed by atoms with Crippen molar-refractivity contribution in [2.24, 2.45) is 0 Å². The van der Waals surface area contributed by atoms with Crippen LogP contribution >= 0.6 is 11.3 Å². The van der Waals surface area contributed by atoms with Crippen molar-refractivity contribution in [3.63, 3.8) is 0 Å². The molecule has 0 aromatic carbocycles. The molecule has 0 saturated carbocycles. The minimum Gasteiger partial charge on any atom is -0.377 e. The second kappa shape index (κ2) is 6.20. The summed E-state index contributed by atoms with van der Waals surface area (Å²) in [5.74, 6) is 0. The topological polar surface area (TPSA) is 28.6 Å². The van der Waals surface area contributed by atoms with Gasteiger partial charge in [0.05, 0.1) is 6.10 Å². The van der Waals surface area contributed by atoms with Crippen LogP contribution in [0.15, 0.2) is 11.6 Å². The molecule has 0 N–H and O–H groups in total. The number of aromatic nitrogens is 1. The first-order valence-electron chi connectivity index (χ1n) is 7.33. The Kier molecular flexibility index (Phi) is 4.35. The molecule has 3 heterocycles. The van der Waals surface area contributed by atoms with Gasteiger partial charge in [-0.1, -0.05) is 0 Å². The van der Waals surface area contributed by atoms with E-state index >= 15 is 0 Å². The number of piperazine rings is 1. The molecule has 0 amide bonds. The van der Waals surface area contributed by atoms with Crippen LogP contribution in [0.2, 0.25) is 0 Å². The molecule has 2 aliphatic rings. The monoisotopic (exact) mass is 281 g/mol. The van der Waals surface area contributed by atoms with E-state index in [1.165, 1.54) is 24.4 Å². The number of hydrogen-bond acceptors (Lipinski definition) is 5. The van der Waals surface area contributed by atoms with E-state index in [4.69, 9.17) is 4.74 Å². The molecule has 1 aromatic heterocycles. The maximum atomic E-state index is 5.85. The summed E-state index contributed by atoms with van der Waals surface area (Å²) in [6.07, 6.45) is 6.17. The third-order valence-electron chi connectivity index (χ3n) is 4.11. The molecule has 2 atom stereocenters. The Morgan fingerprint density at radius 2 is 2.37 bits per heavy atom. The Morgan fingerprint density at radius 3 is 3.05 bits per heavy atom. The molecule has 0 spiro atoms. The van der Waals surface area contributed by atoms with E-state index in [0.717, 1.165) is 32.8 Å². The van der Waals surface area contributed by atoms with Crippen molar-refractivity contribution < 1.29 is 4.74 Å². The van der Waals surface area contributed by atoms with E-state index in [1.807, 2.05) is 6.20 Å². The van der Waals surface area contributed by atoms with Crippen molar-refractivity contribution in [2.45, 2.75) is 38.3 Å². The van der Waals surface area contributed by atoms with Gasteiger partial charge >= 0.3 is 0 Å². The smallest absolute Gasteiger partial charge is 0.185 e. The molecule has 2 fully saturated rings. The lowest BCUT2D eigenvalue weighted by molar-refractivity contribution is -0.00823. The van der Waals surface area contributed by atoms with Crippen molar-refractivity contribution in [1.29, 1.82) is 0 Å². The lowest BCUT2D eigenvalue weighted by atomic mass is 10.1. The second-order valence-electron chi connectivity index (χ2n) is 5.61. The van der Waals surface area contributed by atoms with Crippen LogP contribution in [0.5, 0.6) is 0 Å². The van der Waals surface area contributed by atoms with Crippen molar-refractivity contribution >= 4 is 16.5 Å². The van der Waals surface area contributed by atoms with Gasteiger partial charge in [-0.25, -0.2) is 4.98 Å². The van der Waals surface area contributed by atoms with Crippen molar-refractivity contribution in [1.82, 2.24) is 9.88 Å². The van der Waals surface area contributed by atoms with Crippen LogP contribution in [0.4, 0.5) is 5.13 Å². The van der Waals surface area contributed by atoms with Crippen molar-refractivity contribution in [3.05, 3.63) is 11.6 Å². The van der Waals surface area contributed by atoms with Crippen LogP contribution in [-0.4, -0.2) is 54.8 Å². The highest BCUT2D eigenvalue weighted by Gasteiger charge is 2.27. The fourth-order valence-corrected chi connectivity index (χ4v) is 3.85. The molecule has 0 radical (unpaired) electrons. The number of ether oxygens (including phenoxy) is 1. The maximum Gasteiger partial charge on any atom is 0.185 e. The molecule has 1 aromatic rings. The summed E-state index contributed by atoms with van der Waals surface area (Å²) in [7, 11) is 0. The molecule has 19 heavy (non-hydrogen) atoms. The Hall–Kier alpha value is -0.650. The number of nitrogens with zero attached hydrogens (tertiary/aromatic N) is 3. The van der Waals surface area contributed by atoms with Gasteiger partial charge in [0.2, 0.25) is 0 Å². The second-order valence-corrected chi connectivity index (χ2v) is 6.48. The zero-order valence-corrected chi connectivity index (χ0v) is 12.4. The van der Waals surface area contributed by atoms with Gasteiger partial charge in [-0.05, 0) is 26.2 Å². The molecule has 0 aliphatic carbocycles. The predicted octanol–water partition coefficient (Wildman–Crippen LogP) is 2.22. The lowest BCUT2D eigenvalue weighted by Crippen LogP contribution is -2.53. The quantitative estimate of drug-likeness (QED) is 0.849. The average Bonchev–Trinajstić information content (AvgIpc) is 2.94. The molecule has 4 nitrogen and oxygen atoms in total. The zero-order valence-electron chi connectivity index (χ0n) is 11.6. The van der Waals surface area contributed by atoms with E-state index in [9.17, 15) is 0 Å². The maximum absolute atomic E-state index is 5.85. The number of thiazole rings is 1. The molecular formula is C14H23N3OS. The largest absolute Gasteiger partial charge is 0.377 e. The molecule has 5 heteroatoms. The molecule has 106 valence electrons. The normalized spacial score (nSPS) is 29.6. The van der Waals surface area contributed by atoms with E-state index < -0.39 is 0 Å². The molecule has 0 unspecified atom stereocenters. The fraction of sp³-hybridized carbons (Fsp3) is 0.786. The molecular weight excluding hydrogens is 258 g/mol. The van der Waals surface area contributed by atoms with E-state index in [1.54, 1.807) is 11.3 Å². The van der Waals surface area contributed by atoms with Gasteiger partial charge in [0.15, 0.2) is 5.13 Å². The first kappa shape index (κ1) is 13.3. The van der Waals surface area contributed by atoms with Gasteiger partial charge in [-0.2, -0.15) is 0 Å². The van der Waals surface area contributed by atoms with Gasteiger partial charge in [0.25, 0.3) is 0 Å². The summed E-state index contributed by atoms with van der Waals surface area (Å²) in [5, 5.41) is 3.23. The minimum absolute atomic E-state index is 0.465. The first-order valence-corrected chi connectivity index (χ1v) is 8.21. The van der Waals surface area contributed by atoms with Crippen LogP contribution in [0.1, 0.15) is 26.2 Å². The molecule has 0 bridgehead atoms. The van der Waals surface area contributed by atoms with Gasteiger partial charge in [-0.15, -0.1) is 11.3 Å². The number of rotatable bonds is 3. The Morgan fingerprint density at radius 1 is 1.42 bits per heavy atom. The van der Waals surface area contributed by atoms with E-state index in [0.29, 0.717) is 12.1 Å². The van der Waals surface area contributed by atoms with Crippen molar-refractivity contribution in [2.75, 3.05) is 37.7 Å². The predicted molar refractivity (Wildman–Crippen MR) is 79.0 cm³/mol. The average molecular weight is 281 g/mol. The highest BCUT2D eigenvalue weighted by atomic mass is 32.1. The van der Waals surface area contributed by atoms with Gasteiger partial charge in [-0.3, -0.25) is 4.90 Å². The SMILES string of the molecule is C[C@@H]1CN(C[C@@H]2CCCCO2)CCN1c1nccs1. The third-order valence-corrected chi connectivity index (χ3v) is 4.92. The lowest BCUT2D eigenvalue weighted by Gasteiger charge is -2.41. The Balaban J connectivity index is 1.52.